The Bertz CT molecular complexity index is 531. The van der Waals surface area contributed by atoms with Gasteiger partial charge in [-0.1, -0.05) is 13.3 Å². The zero-order chi connectivity index (χ0) is 11.5. The molecule has 86 valence electrons. The summed E-state index contributed by atoms with van der Waals surface area (Å²) < 4.78 is 1.76. The van der Waals surface area contributed by atoms with E-state index < -0.39 is 0 Å². The summed E-state index contributed by atoms with van der Waals surface area (Å²) in [7, 11) is 0. The fourth-order valence-corrected chi connectivity index (χ4v) is 1.78. The number of nitrogens with one attached hydrogen (secondary N) is 1. The normalized spacial score (nSPS) is 13.1. The molecule has 2 N–H and O–H groups in total. The van der Waals surface area contributed by atoms with Gasteiger partial charge in [0.1, 0.15) is 0 Å². The predicted molar refractivity (Wildman–Crippen MR) is 59.2 cm³/mol. The fraction of sp³-hybridized carbons (Fsp3) is 0.500. The number of H-pyrrole nitrogens is 1. The highest BCUT2D eigenvalue weighted by Gasteiger charge is 2.14. The number of imidazole rings is 1. The van der Waals surface area contributed by atoms with Gasteiger partial charge in [-0.25, -0.2) is 9.97 Å². The van der Waals surface area contributed by atoms with Crippen molar-refractivity contribution < 1.29 is 5.11 Å². The van der Waals surface area contributed by atoms with Crippen molar-refractivity contribution in [2.75, 3.05) is 6.61 Å². The van der Waals surface area contributed by atoms with Gasteiger partial charge in [0.2, 0.25) is 0 Å². The Balaban J connectivity index is 2.52. The molecule has 6 heteroatoms. The number of aliphatic hydroxyl groups is 1. The van der Waals surface area contributed by atoms with Crippen LogP contribution in [0.3, 0.4) is 0 Å². The van der Waals surface area contributed by atoms with E-state index in [4.69, 9.17) is 0 Å². The highest BCUT2D eigenvalue weighted by atomic mass is 16.3. The third-order valence-corrected chi connectivity index (χ3v) is 2.59. The topological polar surface area (TPSA) is 83.8 Å². The molecule has 0 aliphatic rings. The Morgan fingerprint density at radius 1 is 1.56 bits per heavy atom. The maximum atomic E-state index is 11.4. The molecule has 2 aromatic heterocycles. The van der Waals surface area contributed by atoms with E-state index in [1.54, 1.807) is 10.9 Å². The molecule has 0 bridgehead atoms. The first-order chi connectivity index (χ1) is 7.77. The lowest BCUT2D eigenvalue weighted by atomic mass is 10.2. The van der Waals surface area contributed by atoms with Gasteiger partial charge < -0.3 is 14.7 Å². The maximum Gasteiger partial charge on any atom is 0.278 e. The second-order valence-electron chi connectivity index (χ2n) is 3.68. The van der Waals surface area contributed by atoms with Gasteiger partial charge in [-0.3, -0.25) is 4.79 Å². The first-order valence-corrected chi connectivity index (χ1v) is 5.29. The highest BCUT2D eigenvalue weighted by molar-refractivity contribution is 5.68. The highest BCUT2D eigenvalue weighted by Crippen LogP contribution is 2.17. The van der Waals surface area contributed by atoms with Crippen molar-refractivity contribution >= 4 is 11.2 Å². The van der Waals surface area contributed by atoms with Crippen LogP contribution in [-0.2, 0) is 0 Å². The molecule has 2 rings (SSSR count). The van der Waals surface area contributed by atoms with Gasteiger partial charge in [-0.15, -0.1) is 0 Å². The monoisotopic (exact) mass is 222 g/mol. The zero-order valence-electron chi connectivity index (χ0n) is 9.05. The molecule has 2 aromatic rings. The second kappa shape index (κ2) is 4.44. The van der Waals surface area contributed by atoms with Gasteiger partial charge in [0.25, 0.3) is 5.56 Å². The van der Waals surface area contributed by atoms with E-state index in [1.165, 1.54) is 6.33 Å². The molecule has 1 atom stereocenters. The van der Waals surface area contributed by atoms with Gasteiger partial charge in [0.15, 0.2) is 11.2 Å². The Kier molecular flexibility index (Phi) is 3.00. The third-order valence-electron chi connectivity index (χ3n) is 2.59. The average molecular weight is 222 g/mol. The van der Waals surface area contributed by atoms with E-state index >= 15 is 0 Å². The minimum atomic E-state index is -0.253. The van der Waals surface area contributed by atoms with Crippen molar-refractivity contribution in [3.05, 3.63) is 23.0 Å². The molecule has 16 heavy (non-hydrogen) atoms. The average Bonchev–Trinajstić information content (AvgIpc) is 2.71. The standard InChI is InChI=1S/C10H14N4O2/c1-2-3-7(4-15)14-6-13-8-9(14)11-5-12-10(8)16/h5-7,15H,2-4H2,1H3,(H,11,12,16). The second-order valence-corrected chi connectivity index (χ2v) is 3.68. The van der Waals surface area contributed by atoms with Crippen molar-refractivity contribution in [2.45, 2.75) is 25.8 Å². The number of aliphatic hydroxyl groups excluding tert-OH is 1. The molecule has 2 heterocycles. The molecule has 0 fully saturated rings. The van der Waals surface area contributed by atoms with E-state index in [-0.39, 0.29) is 18.2 Å². The smallest absolute Gasteiger partial charge is 0.278 e. The summed E-state index contributed by atoms with van der Waals surface area (Å²) in [5, 5.41) is 9.30. The summed E-state index contributed by atoms with van der Waals surface area (Å²) in [6.07, 6.45) is 4.69. The molecule has 0 aliphatic heterocycles. The van der Waals surface area contributed by atoms with E-state index in [2.05, 4.69) is 15.0 Å². The van der Waals surface area contributed by atoms with Crippen LogP contribution in [0.15, 0.2) is 17.4 Å². The molecule has 0 amide bonds. The number of hydrogen-bond acceptors (Lipinski definition) is 4. The SMILES string of the molecule is CCCC(CO)n1cnc2c(=O)[nH]cnc21. The van der Waals surface area contributed by atoms with Crippen LogP contribution in [0.4, 0.5) is 0 Å². The summed E-state index contributed by atoms with van der Waals surface area (Å²) in [5.41, 5.74) is 0.588. The first-order valence-electron chi connectivity index (χ1n) is 5.29. The number of hydrogen-bond donors (Lipinski definition) is 2. The molecule has 0 radical (unpaired) electrons. The number of aromatic nitrogens is 4. The van der Waals surface area contributed by atoms with Crippen LogP contribution in [-0.4, -0.2) is 31.2 Å². The molecular weight excluding hydrogens is 208 g/mol. The van der Waals surface area contributed by atoms with Crippen molar-refractivity contribution in [1.29, 1.82) is 0 Å². The van der Waals surface area contributed by atoms with Crippen LogP contribution in [0, 0.1) is 0 Å². The molecule has 1 unspecified atom stereocenters. The molecule has 0 aromatic carbocycles. The van der Waals surface area contributed by atoms with Crippen molar-refractivity contribution in [2.24, 2.45) is 0 Å². The largest absolute Gasteiger partial charge is 0.394 e. The Morgan fingerprint density at radius 2 is 2.38 bits per heavy atom. The van der Waals surface area contributed by atoms with Crippen molar-refractivity contribution in [3.63, 3.8) is 0 Å². The van der Waals surface area contributed by atoms with Crippen LogP contribution in [0.25, 0.3) is 11.2 Å². The third kappa shape index (κ3) is 1.71. The molecule has 0 aliphatic carbocycles. The van der Waals surface area contributed by atoms with Crippen LogP contribution in [0.2, 0.25) is 0 Å². The minimum Gasteiger partial charge on any atom is -0.394 e. The number of fused-ring (bicyclic) bond motifs is 1. The lowest BCUT2D eigenvalue weighted by molar-refractivity contribution is 0.222. The molecular formula is C10H14N4O2. The van der Waals surface area contributed by atoms with Crippen molar-refractivity contribution in [3.8, 4) is 0 Å². The van der Waals surface area contributed by atoms with E-state index in [0.29, 0.717) is 11.2 Å². The summed E-state index contributed by atoms with van der Waals surface area (Å²) in [6.45, 7) is 2.07. The summed E-state index contributed by atoms with van der Waals surface area (Å²) in [6, 6.07) is -0.0655. The van der Waals surface area contributed by atoms with Crippen molar-refractivity contribution in [1.82, 2.24) is 19.5 Å². The maximum absolute atomic E-state index is 11.4. The van der Waals surface area contributed by atoms with Crippen LogP contribution < -0.4 is 5.56 Å². The van der Waals surface area contributed by atoms with E-state index in [0.717, 1.165) is 12.8 Å². The summed E-state index contributed by atoms with van der Waals surface area (Å²) in [4.78, 5) is 22.0. The minimum absolute atomic E-state index is 0.0216. The number of rotatable bonds is 4. The number of nitrogens with zero attached hydrogens (tertiary/aromatic N) is 3. The molecule has 0 saturated heterocycles. The summed E-state index contributed by atoms with van der Waals surface area (Å²) >= 11 is 0. The van der Waals surface area contributed by atoms with Gasteiger partial charge in [0, 0.05) is 0 Å². The van der Waals surface area contributed by atoms with Crippen LogP contribution in [0.1, 0.15) is 25.8 Å². The van der Waals surface area contributed by atoms with Crippen LogP contribution in [0.5, 0.6) is 0 Å². The Labute approximate surface area is 92.0 Å². The Morgan fingerprint density at radius 3 is 3.06 bits per heavy atom. The molecule has 0 saturated carbocycles. The van der Waals surface area contributed by atoms with Gasteiger partial charge in [0.05, 0.1) is 25.3 Å². The van der Waals surface area contributed by atoms with Gasteiger partial charge >= 0.3 is 0 Å². The van der Waals surface area contributed by atoms with Gasteiger partial charge in [-0.2, -0.15) is 0 Å². The lowest BCUT2D eigenvalue weighted by Crippen LogP contribution is -2.14. The first kappa shape index (κ1) is 10.8. The van der Waals surface area contributed by atoms with E-state index in [1.807, 2.05) is 6.92 Å². The Hall–Kier alpha value is -1.69. The predicted octanol–water partition coefficient (Wildman–Crippen LogP) is 0.453. The summed E-state index contributed by atoms with van der Waals surface area (Å²) in [5.74, 6) is 0. The number of aromatic amines is 1. The fourth-order valence-electron chi connectivity index (χ4n) is 1.78. The lowest BCUT2D eigenvalue weighted by Gasteiger charge is -2.14. The van der Waals surface area contributed by atoms with E-state index in [9.17, 15) is 9.90 Å². The van der Waals surface area contributed by atoms with Gasteiger partial charge in [-0.05, 0) is 6.42 Å². The van der Waals surface area contributed by atoms with Crippen LogP contribution >= 0.6 is 0 Å². The molecule has 0 spiro atoms. The molecule has 6 nitrogen and oxygen atoms in total. The zero-order valence-corrected chi connectivity index (χ0v) is 9.05. The quantitative estimate of drug-likeness (QED) is 0.786.